The van der Waals surface area contributed by atoms with E-state index in [2.05, 4.69) is 56.3 Å². The van der Waals surface area contributed by atoms with Crippen LogP contribution in [0.5, 0.6) is 0 Å². The van der Waals surface area contributed by atoms with Crippen LogP contribution in [-0.2, 0) is 0 Å². The Labute approximate surface area is 160 Å². The molecule has 2 heterocycles. The SMILES string of the molecule is Cc1cccc(N2CCN(c3ncc(C(=O)NC4CCCC4)cn3)CC2)c1. The molecule has 1 aromatic carbocycles. The van der Waals surface area contributed by atoms with Crippen LogP contribution in [0.1, 0.15) is 41.6 Å². The predicted molar refractivity (Wildman–Crippen MR) is 107 cm³/mol. The Morgan fingerprint density at radius 1 is 1.04 bits per heavy atom. The number of aromatic nitrogens is 2. The lowest BCUT2D eigenvalue weighted by molar-refractivity contribution is 0.0937. The van der Waals surface area contributed by atoms with Gasteiger partial charge >= 0.3 is 0 Å². The quantitative estimate of drug-likeness (QED) is 0.903. The minimum Gasteiger partial charge on any atom is -0.368 e. The first-order valence-corrected chi connectivity index (χ1v) is 9.88. The van der Waals surface area contributed by atoms with Crippen LogP contribution in [0.3, 0.4) is 0 Å². The van der Waals surface area contributed by atoms with Gasteiger partial charge in [-0.25, -0.2) is 9.97 Å². The van der Waals surface area contributed by atoms with E-state index < -0.39 is 0 Å². The standard InChI is InChI=1S/C21H27N5O/c1-16-5-4-8-19(13-16)25-9-11-26(12-10-25)21-22-14-17(15-23-21)20(27)24-18-6-2-3-7-18/h4-5,8,13-15,18H,2-3,6-7,9-12H2,1H3,(H,24,27). The van der Waals surface area contributed by atoms with E-state index in [9.17, 15) is 4.79 Å². The zero-order valence-corrected chi connectivity index (χ0v) is 15.9. The molecular weight excluding hydrogens is 338 g/mol. The zero-order valence-electron chi connectivity index (χ0n) is 15.9. The number of hydrogen-bond acceptors (Lipinski definition) is 5. The van der Waals surface area contributed by atoms with Crippen molar-refractivity contribution >= 4 is 17.5 Å². The molecule has 1 saturated heterocycles. The number of carbonyl (C=O) groups excluding carboxylic acids is 1. The lowest BCUT2D eigenvalue weighted by Gasteiger charge is -2.36. The van der Waals surface area contributed by atoms with Crippen molar-refractivity contribution < 1.29 is 4.79 Å². The normalized spacial score (nSPS) is 18.0. The van der Waals surface area contributed by atoms with Crippen LogP contribution in [0.15, 0.2) is 36.7 Å². The van der Waals surface area contributed by atoms with Crippen LogP contribution in [0.4, 0.5) is 11.6 Å². The number of hydrogen-bond donors (Lipinski definition) is 1. The van der Waals surface area contributed by atoms with E-state index in [-0.39, 0.29) is 5.91 Å². The first kappa shape index (κ1) is 17.8. The van der Waals surface area contributed by atoms with Gasteiger partial charge < -0.3 is 15.1 Å². The molecule has 27 heavy (non-hydrogen) atoms. The van der Waals surface area contributed by atoms with Gasteiger partial charge in [0, 0.05) is 50.3 Å². The molecule has 6 heteroatoms. The highest BCUT2D eigenvalue weighted by Crippen LogP contribution is 2.20. The van der Waals surface area contributed by atoms with Crippen LogP contribution >= 0.6 is 0 Å². The van der Waals surface area contributed by atoms with Gasteiger partial charge in [-0.1, -0.05) is 25.0 Å². The molecule has 0 bridgehead atoms. The summed E-state index contributed by atoms with van der Waals surface area (Å²) in [7, 11) is 0. The summed E-state index contributed by atoms with van der Waals surface area (Å²) in [5.74, 6) is 0.647. The Bertz CT molecular complexity index is 777. The summed E-state index contributed by atoms with van der Waals surface area (Å²) in [5.41, 5.74) is 3.10. The lowest BCUT2D eigenvalue weighted by Crippen LogP contribution is -2.47. The van der Waals surface area contributed by atoms with Crippen LogP contribution in [0.2, 0.25) is 0 Å². The molecule has 1 aliphatic heterocycles. The smallest absolute Gasteiger partial charge is 0.254 e. The molecule has 0 radical (unpaired) electrons. The van der Waals surface area contributed by atoms with Gasteiger partial charge in [0.2, 0.25) is 5.95 Å². The van der Waals surface area contributed by atoms with E-state index in [1.165, 1.54) is 24.1 Å². The van der Waals surface area contributed by atoms with Crippen molar-refractivity contribution in [2.24, 2.45) is 0 Å². The molecule has 142 valence electrons. The average molecular weight is 365 g/mol. The minimum atomic E-state index is -0.0577. The van der Waals surface area contributed by atoms with Crippen molar-refractivity contribution in [2.45, 2.75) is 38.6 Å². The minimum absolute atomic E-state index is 0.0577. The third-order valence-electron chi connectivity index (χ3n) is 5.52. The second-order valence-corrected chi connectivity index (χ2v) is 7.54. The number of nitrogens with one attached hydrogen (secondary N) is 1. The topological polar surface area (TPSA) is 61.4 Å². The van der Waals surface area contributed by atoms with Gasteiger partial charge in [-0.15, -0.1) is 0 Å². The first-order chi connectivity index (χ1) is 13.2. The highest BCUT2D eigenvalue weighted by atomic mass is 16.1. The maximum absolute atomic E-state index is 12.3. The van der Waals surface area contributed by atoms with E-state index in [1.54, 1.807) is 12.4 Å². The lowest BCUT2D eigenvalue weighted by atomic mass is 10.2. The van der Waals surface area contributed by atoms with Crippen LogP contribution in [0, 0.1) is 6.92 Å². The molecule has 1 N–H and O–H groups in total. The van der Waals surface area contributed by atoms with Gasteiger partial charge in [0.15, 0.2) is 0 Å². The summed E-state index contributed by atoms with van der Waals surface area (Å²) >= 11 is 0. The molecular formula is C21H27N5O. The molecule has 2 aromatic rings. The van der Waals surface area contributed by atoms with Crippen molar-refractivity contribution in [3.8, 4) is 0 Å². The molecule has 0 unspecified atom stereocenters. The van der Waals surface area contributed by atoms with Crippen molar-refractivity contribution in [1.29, 1.82) is 0 Å². The number of aryl methyl sites for hydroxylation is 1. The fourth-order valence-electron chi connectivity index (χ4n) is 3.93. The average Bonchev–Trinajstić information content (AvgIpc) is 3.21. The van der Waals surface area contributed by atoms with E-state index in [0.29, 0.717) is 17.6 Å². The molecule has 4 rings (SSSR count). The van der Waals surface area contributed by atoms with Gasteiger partial charge in [-0.05, 0) is 37.5 Å². The monoisotopic (exact) mass is 365 g/mol. The van der Waals surface area contributed by atoms with Gasteiger partial charge in [0.25, 0.3) is 5.91 Å². The summed E-state index contributed by atoms with van der Waals surface area (Å²) in [6.07, 6.45) is 7.87. The fraction of sp³-hybridized carbons (Fsp3) is 0.476. The second-order valence-electron chi connectivity index (χ2n) is 7.54. The van der Waals surface area contributed by atoms with Gasteiger partial charge in [-0.3, -0.25) is 4.79 Å². The molecule has 1 aliphatic carbocycles. The molecule has 6 nitrogen and oxygen atoms in total. The van der Waals surface area contributed by atoms with Crippen LogP contribution < -0.4 is 15.1 Å². The summed E-state index contributed by atoms with van der Waals surface area (Å²) in [4.78, 5) is 25.8. The molecule has 2 fully saturated rings. The number of rotatable bonds is 4. The summed E-state index contributed by atoms with van der Waals surface area (Å²) in [6.45, 7) is 5.76. The van der Waals surface area contributed by atoms with E-state index in [4.69, 9.17) is 0 Å². The number of piperazine rings is 1. The number of anilines is 2. The third kappa shape index (κ3) is 4.21. The molecule has 2 aliphatic rings. The van der Waals surface area contributed by atoms with Crippen molar-refractivity contribution in [2.75, 3.05) is 36.0 Å². The molecule has 1 saturated carbocycles. The highest BCUT2D eigenvalue weighted by molar-refractivity contribution is 5.93. The number of carbonyl (C=O) groups is 1. The third-order valence-corrected chi connectivity index (χ3v) is 5.52. The van der Waals surface area contributed by atoms with E-state index >= 15 is 0 Å². The molecule has 0 atom stereocenters. The van der Waals surface area contributed by atoms with Crippen molar-refractivity contribution in [3.05, 3.63) is 47.8 Å². The van der Waals surface area contributed by atoms with Gasteiger partial charge in [0.1, 0.15) is 0 Å². The number of nitrogens with zero attached hydrogens (tertiary/aromatic N) is 4. The van der Waals surface area contributed by atoms with Crippen LogP contribution in [0.25, 0.3) is 0 Å². The van der Waals surface area contributed by atoms with Gasteiger partial charge in [0.05, 0.1) is 5.56 Å². The van der Waals surface area contributed by atoms with Crippen molar-refractivity contribution in [3.63, 3.8) is 0 Å². The van der Waals surface area contributed by atoms with Crippen molar-refractivity contribution in [1.82, 2.24) is 15.3 Å². The second kappa shape index (κ2) is 7.94. The summed E-state index contributed by atoms with van der Waals surface area (Å²) < 4.78 is 0. The largest absolute Gasteiger partial charge is 0.368 e. The van der Waals surface area contributed by atoms with Gasteiger partial charge in [-0.2, -0.15) is 0 Å². The number of amides is 1. The Balaban J connectivity index is 1.34. The number of benzene rings is 1. The summed E-state index contributed by atoms with van der Waals surface area (Å²) in [5, 5.41) is 3.08. The first-order valence-electron chi connectivity index (χ1n) is 9.88. The zero-order chi connectivity index (χ0) is 18.6. The summed E-state index contributed by atoms with van der Waals surface area (Å²) in [6, 6.07) is 8.93. The molecule has 1 aromatic heterocycles. The predicted octanol–water partition coefficient (Wildman–Crippen LogP) is 2.78. The molecule has 1 amide bonds. The fourth-order valence-corrected chi connectivity index (χ4v) is 3.93. The van der Waals surface area contributed by atoms with Crippen LogP contribution in [-0.4, -0.2) is 48.1 Å². The van der Waals surface area contributed by atoms with E-state index in [0.717, 1.165) is 39.0 Å². The highest BCUT2D eigenvalue weighted by Gasteiger charge is 2.21. The maximum atomic E-state index is 12.3. The Hall–Kier alpha value is -2.63. The van der Waals surface area contributed by atoms with E-state index in [1.807, 2.05) is 0 Å². The maximum Gasteiger partial charge on any atom is 0.254 e. The molecule has 0 spiro atoms. The Morgan fingerprint density at radius 2 is 1.70 bits per heavy atom. The Morgan fingerprint density at radius 3 is 2.37 bits per heavy atom. The Kier molecular flexibility index (Phi) is 5.23.